The van der Waals surface area contributed by atoms with E-state index in [9.17, 15) is 9.59 Å². The van der Waals surface area contributed by atoms with E-state index in [1.807, 2.05) is 63.2 Å². The van der Waals surface area contributed by atoms with E-state index in [4.69, 9.17) is 0 Å². The largest absolute Gasteiger partial charge is 0.378 e. The Labute approximate surface area is 164 Å². The quantitative estimate of drug-likeness (QED) is 0.687. The second kappa shape index (κ2) is 8.08. The SMILES string of the molecule is Cc1nc2ccccc2c(C)c1CC(=O)NNC(=O)c1cccc(N(C)C)c1. The minimum atomic E-state index is -0.359. The summed E-state index contributed by atoms with van der Waals surface area (Å²) < 4.78 is 0. The first-order valence-corrected chi connectivity index (χ1v) is 9.08. The van der Waals surface area contributed by atoms with Crippen molar-refractivity contribution in [2.45, 2.75) is 20.3 Å². The molecular formula is C22H24N4O2. The number of hydrogen-bond donors (Lipinski definition) is 2. The standard InChI is InChI=1S/C22H24N4O2/c1-14-18-10-5-6-11-20(18)23-15(2)19(14)13-21(27)24-25-22(28)16-8-7-9-17(12-16)26(3)4/h5-12H,13H2,1-4H3,(H,24,27)(H,25,28). The number of amides is 2. The van der Waals surface area contributed by atoms with Crippen molar-refractivity contribution in [2.24, 2.45) is 0 Å². The van der Waals surface area contributed by atoms with Gasteiger partial charge in [0.25, 0.3) is 5.91 Å². The summed E-state index contributed by atoms with van der Waals surface area (Å²) in [6.45, 7) is 3.89. The van der Waals surface area contributed by atoms with Gasteiger partial charge in [-0.15, -0.1) is 0 Å². The fraction of sp³-hybridized carbons (Fsp3) is 0.227. The molecule has 2 N–H and O–H groups in total. The maximum absolute atomic E-state index is 12.4. The van der Waals surface area contributed by atoms with Crippen molar-refractivity contribution in [1.29, 1.82) is 0 Å². The van der Waals surface area contributed by atoms with Gasteiger partial charge in [0.2, 0.25) is 5.91 Å². The average Bonchev–Trinajstić information content (AvgIpc) is 2.69. The van der Waals surface area contributed by atoms with Gasteiger partial charge < -0.3 is 4.90 Å². The second-order valence-electron chi connectivity index (χ2n) is 6.94. The van der Waals surface area contributed by atoms with E-state index in [2.05, 4.69) is 15.8 Å². The van der Waals surface area contributed by atoms with Crippen molar-refractivity contribution in [3.63, 3.8) is 0 Å². The number of nitrogens with zero attached hydrogens (tertiary/aromatic N) is 2. The molecule has 0 spiro atoms. The highest BCUT2D eigenvalue weighted by Crippen LogP contribution is 2.22. The molecule has 144 valence electrons. The van der Waals surface area contributed by atoms with E-state index in [-0.39, 0.29) is 18.2 Å². The predicted molar refractivity (Wildman–Crippen MR) is 111 cm³/mol. The molecule has 1 heterocycles. The Balaban J connectivity index is 1.69. The number of nitrogens with one attached hydrogen (secondary N) is 2. The molecule has 6 heteroatoms. The van der Waals surface area contributed by atoms with Crippen molar-refractivity contribution in [3.8, 4) is 0 Å². The zero-order chi connectivity index (χ0) is 20.3. The highest BCUT2D eigenvalue weighted by atomic mass is 16.2. The number of anilines is 1. The van der Waals surface area contributed by atoms with Crippen LogP contribution in [0.15, 0.2) is 48.5 Å². The van der Waals surface area contributed by atoms with Crippen molar-refractivity contribution < 1.29 is 9.59 Å². The molecule has 0 aliphatic rings. The molecule has 3 aromatic rings. The lowest BCUT2D eigenvalue weighted by atomic mass is 9.99. The van der Waals surface area contributed by atoms with Gasteiger partial charge in [0.15, 0.2) is 0 Å². The lowest BCUT2D eigenvalue weighted by Crippen LogP contribution is -2.42. The van der Waals surface area contributed by atoms with E-state index in [0.717, 1.165) is 33.4 Å². The van der Waals surface area contributed by atoms with Gasteiger partial charge in [-0.2, -0.15) is 0 Å². The van der Waals surface area contributed by atoms with Crippen molar-refractivity contribution in [2.75, 3.05) is 19.0 Å². The molecular weight excluding hydrogens is 352 g/mol. The van der Waals surface area contributed by atoms with Gasteiger partial charge in [-0.25, -0.2) is 0 Å². The summed E-state index contributed by atoms with van der Waals surface area (Å²) in [5.74, 6) is -0.650. The molecule has 0 saturated heterocycles. The summed E-state index contributed by atoms with van der Waals surface area (Å²) in [7, 11) is 3.81. The first kappa shape index (κ1) is 19.4. The molecule has 0 aliphatic carbocycles. The molecule has 0 bridgehead atoms. The normalized spacial score (nSPS) is 10.6. The van der Waals surface area contributed by atoms with Gasteiger partial charge in [0.1, 0.15) is 0 Å². The molecule has 0 aliphatic heterocycles. The van der Waals surface area contributed by atoms with Gasteiger partial charge in [-0.1, -0.05) is 24.3 Å². The molecule has 0 saturated carbocycles. The van der Waals surface area contributed by atoms with E-state index < -0.39 is 0 Å². The fourth-order valence-electron chi connectivity index (χ4n) is 3.16. The van der Waals surface area contributed by atoms with Gasteiger partial charge >= 0.3 is 0 Å². The zero-order valence-corrected chi connectivity index (χ0v) is 16.5. The fourth-order valence-corrected chi connectivity index (χ4v) is 3.16. The van der Waals surface area contributed by atoms with Gasteiger partial charge in [-0.05, 0) is 49.2 Å². The summed E-state index contributed by atoms with van der Waals surface area (Å²) >= 11 is 0. The van der Waals surface area contributed by atoms with Crippen LogP contribution in [0.2, 0.25) is 0 Å². The molecule has 1 aromatic heterocycles. The van der Waals surface area contributed by atoms with Crippen molar-refractivity contribution >= 4 is 28.4 Å². The number of carbonyl (C=O) groups is 2. The van der Waals surface area contributed by atoms with Crippen LogP contribution in [0.4, 0.5) is 5.69 Å². The Morgan fingerprint density at radius 3 is 2.50 bits per heavy atom. The molecule has 2 amide bonds. The summed E-state index contributed by atoms with van der Waals surface area (Å²) in [5.41, 5.74) is 10.0. The van der Waals surface area contributed by atoms with Crippen LogP contribution in [-0.2, 0) is 11.2 Å². The Bertz CT molecular complexity index is 1040. The van der Waals surface area contributed by atoms with E-state index in [1.165, 1.54) is 0 Å². The number of hydrogen-bond acceptors (Lipinski definition) is 4. The highest BCUT2D eigenvalue weighted by molar-refractivity contribution is 5.96. The number of benzene rings is 2. The highest BCUT2D eigenvalue weighted by Gasteiger charge is 2.14. The lowest BCUT2D eigenvalue weighted by molar-refractivity contribution is -0.121. The van der Waals surface area contributed by atoms with Crippen LogP contribution in [-0.4, -0.2) is 30.9 Å². The average molecular weight is 376 g/mol. The molecule has 0 fully saturated rings. The third kappa shape index (κ3) is 4.11. The van der Waals surface area contributed by atoms with E-state index >= 15 is 0 Å². The number of aryl methyl sites for hydroxylation is 2. The number of aromatic nitrogens is 1. The Hall–Kier alpha value is -3.41. The Kier molecular flexibility index (Phi) is 5.59. The summed E-state index contributed by atoms with van der Waals surface area (Å²) in [5, 5.41) is 1.03. The molecule has 6 nitrogen and oxygen atoms in total. The van der Waals surface area contributed by atoms with Crippen LogP contribution in [0.5, 0.6) is 0 Å². The third-order valence-corrected chi connectivity index (χ3v) is 4.76. The topological polar surface area (TPSA) is 74.3 Å². The van der Waals surface area contributed by atoms with E-state index in [1.54, 1.807) is 18.2 Å². The predicted octanol–water partition coefficient (Wildman–Crippen LogP) is 2.92. The van der Waals surface area contributed by atoms with Crippen molar-refractivity contribution in [1.82, 2.24) is 15.8 Å². The Morgan fingerprint density at radius 2 is 1.75 bits per heavy atom. The number of hydrazine groups is 1. The molecule has 2 aromatic carbocycles. The first-order valence-electron chi connectivity index (χ1n) is 9.08. The summed E-state index contributed by atoms with van der Waals surface area (Å²) in [6, 6.07) is 15.0. The number of carbonyl (C=O) groups excluding carboxylic acids is 2. The first-order chi connectivity index (χ1) is 13.4. The number of rotatable bonds is 4. The van der Waals surface area contributed by atoms with Crippen molar-refractivity contribution in [3.05, 3.63) is 70.9 Å². The molecule has 0 radical (unpaired) electrons. The molecule has 28 heavy (non-hydrogen) atoms. The van der Waals surface area contributed by atoms with Crippen LogP contribution in [0.3, 0.4) is 0 Å². The molecule has 3 rings (SSSR count). The smallest absolute Gasteiger partial charge is 0.269 e. The van der Waals surface area contributed by atoms with Crippen LogP contribution in [0, 0.1) is 13.8 Å². The maximum atomic E-state index is 12.4. The van der Waals surface area contributed by atoms with Crippen LogP contribution >= 0.6 is 0 Å². The summed E-state index contributed by atoms with van der Waals surface area (Å²) in [6.07, 6.45) is 0.146. The second-order valence-corrected chi connectivity index (χ2v) is 6.94. The van der Waals surface area contributed by atoms with Gasteiger partial charge in [0, 0.05) is 36.4 Å². The van der Waals surface area contributed by atoms with Gasteiger partial charge in [-0.3, -0.25) is 25.4 Å². The maximum Gasteiger partial charge on any atom is 0.269 e. The van der Waals surface area contributed by atoms with E-state index in [0.29, 0.717) is 5.56 Å². The number of pyridine rings is 1. The Morgan fingerprint density at radius 1 is 1.00 bits per heavy atom. The zero-order valence-electron chi connectivity index (χ0n) is 16.5. The number of fused-ring (bicyclic) bond motifs is 1. The minimum absolute atomic E-state index is 0.146. The lowest BCUT2D eigenvalue weighted by Gasteiger charge is -2.14. The monoisotopic (exact) mass is 376 g/mol. The third-order valence-electron chi connectivity index (χ3n) is 4.76. The summed E-state index contributed by atoms with van der Waals surface area (Å²) in [4.78, 5) is 31.2. The van der Waals surface area contributed by atoms with Gasteiger partial charge in [0.05, 0.1) is 11.9 Å². The number of para-hydroxylation sites is 1. The molecule has 0 unspecified atom stereocenters. The molecule has 0 atom stereocenters. The van der Waals surface area contributed by atoms with Crippen LogP contribution in [0.1, 0.15) is 27.2 Å². The minimum Gasteiger partial charge on any atom is -0.378 e. The van der Waals surface area contributed by atoms with Crippen LogP contribution in [0.25, 0.3) is 10.9 Å². The van der Waals surface area contributed by atoms with Crippen LogP contribution < -0.4 is 15.8 Å².